The highest BCUT2D eigenvalue weighted by Gasteiger charge is 2.26. The van der Waals surface area contributed by atoms with Gasteiger partial charge < -0.3 is 5.32 Å². The molecule has 0 bridgehead atoms. The van der Waals surface area contributed by atoms with Crippen LogP contribution in [-0.2, 0) is 16.4 Å². The van der Waals surface area contributed by atoms with Crippen molar-refractivity contribution in [1.82, 2.24) is 5.32 Å². The van der Waals surface area contributed by atoms with Crippen molar-refractivity contribution in [2.24, 2.45) is 0 Å². The molecule has 0 radical (unpaired) electrons. The number of benzene rings is 3. The summed E-state index contributed by atoms with van der Waals surface area (Å²) < 4.78 is 28.1. The lowest BCUT2D eigenvalue weighted by atomic mass is 9.87. The van der Waals surface area contributed by atoms with Crippen molar-refractivity contribution in [1.29, 1.82) is 0 Å². The van der Waals surface area contributed by atoms with E-state index in [1.165, 1.54) is 22.0 Å². The zero-order chi connectivity index (χ0) is 22.6. The fourth-order valence-corrected chi connectivity index (χ4v) is 5.61. The van der Waals surface area contributed by atoms with Gasteiger partial charge in [-0.1, -0.05) is 54.6 Å². The second kappa shape index (κ2) is 9.40. The summed E-state index contributed by atoms with van der Waals surface area (Å²) in [6, 6.07) is 23.1. The first-order chi connectivity index (χ1) is 15.5. The number of carbonyl (C=O) groups excluding carboxylic acids is 1. The molecule has 0 aromatic heterocycles. The van der Waals surface area contributed by atoms with Gasteiger partial charge in [-0.3, -0.25) is 9.10 Å². The van der Waals surface area contributed by atoms with E-state index < -0.39 is 10.0 Å². The van der Waals surface area contributed by atoms with Crippen LogP contribution in [0.4, 0.5) is 5.69 Å². The Labute approximate surface area is 189 Å². The number of fused-ring (bicyclic) bond motifs is 1. The molecule has 4 rings (SSSR count). The Balaban J connectivity index is 1.60. The van der Waals surface area contributed by atoms with Gasteiger partial charge in [0.25, 0.3) is 15.9 Å². The van der Waals surface area contributed by atoms with Crippen LogP contribution in [0, 0.1) is 0 Å². The van der Waals surface area contributed by atoms with Gasteiger partial charge in [-0.2, -0.15) is 0 Å². The quantitative estimate of drug-likeness (QED) is 0.526. The number of hydrogen-bond acceptors (Lipinski definition) is 3. The minimum absolute atomic E-state index is 0.0693. The summed E-state index contributed by atoms with van der Waals surface area (Å²) in [5, 5.41) is 3.09. The number of aryl methyl sites for hydroxylation is 1. The number of para-hydroxylation sites is 1. The van der Waals surface area contributed by atoms with E-state index in [4.69, 9.17) is 0 Å². The van der Waals surface area contributed by atoms with Crippen LogP contribution in [0.15, 0.2) is 96.4 Å². The average molecular weight is 447 g/mol. The van der Waals surface area contributed by atoms with Crippen LogP contribution >= 0.6 is 0 Å². The largest absolute Gasteiger partial charge is 0.345 e. The zero-order valence-corrected chi connectivity index (χ0v) is 18.6. The van der Waals surface area contributed by atoms with Crippen molar-refractivity contribution in [3.05, 3.63) is 108 Å². The second-order valence-electron chi connectivity index (χ2n) is 7.81. The van der Waals surface area contributed by atoms with Crippen LogP contribution in [0.25, 0.3) is 0 Å². The maximum Gasteiger partial charge on any atom is 0.264 e. The van der Waals surface area contributed by atoms with Crippen LogP contribution in [0.1, 0.15) is 40.4 Å². The first-order valence-electron chi connectivity index (χ1n) is 10.7. The third-order valence-corrected chi connectivity index (χ3v) is 7.49. The first-order valence-corrected chi connectivity index (χ1v) is 12.1. The lowest BCUT2D eigenvalue weighted by molar-refractivity contribution is 0.0932. The van der Waals surface area contributed by atoms with Gasteiger partial charge in [-0.15, -0.1) is 6.58 Å². The van der Waals surface area contributed by atoms with Crippen LogP contribution in [-0.4, -0.2) is 20.9 Å². The van der Waals surface area contributed by atoms with E-state index in [-0.39, 0.29) is 23.4 Å². The standard InChI is InChI=1S/C26H26N2O3S/c1-2-18-28(22-13-4-3-5-14-22)32(30,31)23-15-8-12-21(19-23)26(29)27-25-17-9-11-20-10-6-7-16-24(20)25/h2-8,10,12-16,19,25H,1,9,11,17-18H2,(H,27,29). The molecule has 1 atom stereocenters. The van der Waals surface area contributed by atoms with E-state index in [0.29, 0.717) is 11.3 Å². The van der Waals surface area contributed by atoms with Crippen molar-refractivity contribution < 1.29 is 13.2 Å². The molecule has 1 N–H and O–H groups in total. The van der Waals surface area contributed by atoms with Gasteiger partial charge in [0.1, 0.15) is 0 Å². The topological polar surface area (TPSA) is 66.5 Å². The van der Waals surface area contributed by atoms with Gasteiger partial charge in [0, 0.05) is 5.56 Å². The van der Waals surface area contributed by atoms with Gasteiger partial charge >= 0.3 is 0 Å². The van der Waals surface area contributed by atoms with Crippen molar-refractivity contribution >= 4 is 21.6 Å². The van der Waals surface area contributed by atoms with Crippen molar-refractivity contribution in [2.75, 3.05) is 10.8 Å². The summed E-state index contributed by atoms with van der Waals surface area (Å²) in [6.07, 6.45) is 4.42. The number of nitrogens with zero attached hydrogens (tertiary/aromatic N) is 1. The van der Waals surface area contributed by atoms with Gasteiger partial charge in [-0.05, 0) is 60.7 Å². The maximum atomic E-state index is 13.4. The van der Waals surface area contributed by atoms with Crippen LogP contribution in [0.5, 0.6) is 0 Å². The number of amides is 1. The van der Waals surface area contributed by atoms with Crippen molar-refractivity contribution in [3.63, 3.8) is 0 Å². The van der Waals surface area contributed by atoms with Crippen molar-refractivity contribution in [3.8, 4) is 0 Å². The normalized spacial score (nSPS) is 15.4. The maximum absolute atomic E-state index is 13.4. The summed E-state index contributed by atoms with van der Waals surface area (Å²) in [5.41, 5.74) is 3.25. The number of rotatable bonds is 7. The van der Waals surface area contributed by atoms with Gasteiger partial charge in [0.2, 0.25) is 0 Å². The zero-order valence-electron chi connectivity index (χ0n) is 17.8. The summed E-state index contributed by atoms with van der Waals surface area (Å²) in [5.74, 6) is -0.279. The Morgan fingerprint density at radius 1 is 1.03 bits per heavy atom. The Kier molecular flexibility index (Phi) is 6.42. The van der Waals surface area contributed by atoms with E-state index >= 15 is 0 Å². The van der Waals surface area contributed by atoms with Gasteiger partial charge in [0.15, 0.2) is 0 Å². The van der Waals surface area contributed by atoms with E-state index in [9.17, 15) is 13.2 Å². The molecular weight excluding hydrogens is 420 g/mol. The molecule has 0 aliphatic heterocycles. The van der Waals surface area contributed by atoms with Gasteiger partial charge in [0.05, 0.1) is 23.2 Å². The molecule has 1 aliphatic carbocycles. The molecule has 32 heavy (non-hydrogen) atoms. The van der Waals surface area contributed by atoms with E-state index in [1.807, 2.05) is 24.3 Å². The highest BCUT2D eigenvalue weighted by atomic mass is 32.2. The minimum Gasteiger partial charge on any atom is -0.345 e. The Morgan fingerprint density at radius 2 is 1.78 bits per heavy atom. The highest BCUT2D eigenvalue weighted by Crippen LogP contribution is 2.30. The second-order valence-corrected chi connectivity index (χ2v) is 9.67. The monoisotopic (exact) mass is 446 g/mol. The van der Waals surface area contributed by atoms with E-state index in [1.54, 1.807) is 42.5 Å². The third kappa shape index (κ3) is 4.46. The molecule has 6 heteroatoms. The fraction of sp³-hybridized carbons (Fsp3) is 0.192. The van der Waals surface area contributed by atoms with E-state index in [0.717, 1.165) is 24.8 Å². The smallest absolute Gasteiger partial charge is 0.264 e. The fourth-order valence-electron chi connectivity index (χ4n) is 4.12. The SMILES string of the molecule is C=CCN(c1ccccc1)S(=O)(=O)c1cccc(C(=O)NC2CCCc3ccccc32)c1. The molecule has 1 unspecified atom stereocenters. The molecule has 1 amide bonds. The molecule has 5 nitrogen and oxygen atoms in total. The summed E-state index contributed by atoms with van der Waals surface area (Å²) in [4.78, 5) is 13.1. The molecular formula is C26H26N2O3S. The molecule has 0 spiro atoms. The lowest BCUT2D eigenvalue weighted by Gasteiger charge is -2.26. The van der Waals surface area contributed by atoms with Gasteiger partial charge in [-0.25, -0.2) is 8.42 Å². The highest BCUT2D eigenvalue weighted by molar-refractivity contribution is 7.92. The lowest BCUT2D eigenvalue weighted by Crippen LogP contribution is -2.32. The third-order valence-electron chi connectivity index (χ3n) is 5.70. The number of hydrogen-bond donors (Lipinski definition) is 1. The number of anilines is 1. The summed E-state index contributed by atoms with van der Waals surface area (Å²) in [7, 11) is -3.87. The molecule has 1 aliphatic rings. The molecule has 0 fully saturated rings. The summed E-state index contributed by atoms with van der Waals surface area (Å²) >= 11 is 0. The summed E-state index contributed by atoms with van der Waals surface area (Å²) in [6.45, 7) is 3.82. The minimum atomic E-state index is -3.87. The number of carbonyl (C=O) groups is 1. The van der Waals surface area contributed by atoms with Crippen LogP contribution in [0.3, 0.4) is 0 Å². The van der Waals surface area contributed by atoms with Crippen LogP contribution in [0.2, 0.25) is 0 Å². The molecule has 3 aromatic rings. The predicted octanol–water partition coefficient (Wildman–Crippen LogP) is 4.88. The van der Waals surface area contributed by atoms with E-state index in [2.05, 4.69) is 18.0 Å². The van der Waals surface area contributed by atoms with Crippen molar-refractivity contribution in [2.45, 2.75) is 30.2 Å². The Morgan fingerprint density at radius 3 is 2.56 bits per heavy atom. The first kappa shape index (κ1) is 21.8. The number of sulfonamides is 1. The molecule has 0 heterocycles. The molecule has 3 aromatic carbocycles. The Hall–Kier alpha value is -3.38. The predicted molar refractivity (Wildman–Crippen MR) is 127 cm³/mol. The van der Waals surface area contributed by atoms with Crippen LogP contribution < -0.4 is 9.62 Å². The molecule has 0 saturated heterocycles. The molecule has 164 valence electrons. The number of nitrogens with one attached hydrogen (secondary N) is 1. The average Bonchev–Trinajstić information content (AvgIpc) is 2.83. The Bertz CT molecular complexity index is 1220. The molecule has 0 saturated carbocycles.